The van der Waals surface area contributed by atoms with Crippen LogP contribution in [-0.2, 0) is 11.2 Å². The number of aromatic nitrogens is 2. The lowest BCUT2D eigenvalue weighted by Gasteiger charge is -2.20. The SMILES string of the molecule is O=C(CCc1nc(-c2cccs2)no1)Nc1cc2c(cc1Br)OCCO2. The Labute approximate surface area is 161 Å². The second-order valence-corrected chi connectivity index (χ2v) is 7.31. The van der Waals surface area contributed by atoms with Gasteiger partial charge in [0.2, 0.25) is 17.6 Å². The molecule has 0 spiro atoms. The number of halogens is 1. The number of ether oxygens (including phenoxy) is 2. The van der Waals surface area contributed by atoms with E-state index in [4.69, 9.17) is 14.0 Å². The first-order valence-corrected chi connectivity index (χ1v) is 9.62. The minimum atomic E-state index is -0.154. The van der Waals surface area contributed by atoms with Crippen LogP contribution in [-0.4, -0.2) is 29.3 Å². The van der Waals surface area contributed by atoms with Crippen LogP contribution in [0.4, 0.5) is 5.69 Å². The lowest BCUT2D eigenvalue weighted by Crippen LogP contribution is -2.17. The highest BCUT2D eigenvalue weighted by Crippen LogP contribution is 2.38. The minimum Gasteiger partial charge on any atom is -0.486 e. The van der Waals surface area contributed by atoms with Crippen molar-refractivity contribution >= 4 is 38.9 Å². The Hall–Kier alpha value is -2.39. The summed E-state index contributed by atoms with van der Waals surface area (Å²) in [6.07, 6.45) is 0.597. The maximum Gasteiger partial charge on any atom is 0.227 e. The summed E-state index contributed by atoms with van der Waals surface area (Å²) in [5.74, 6) is 2.10. The van der Waals surface area contributed by atoms with E-state index in [2.05, 4.69) is 31.4 Å². The Morgan fingerprint density at radius 1 is 1.27 bits per heavy atom. The number of hydrogen-bond donors (Lipinski definition) is 1. The fraction of sp³-hybridized carbons (Fsp3) is 0.235. The van der Waals surface area contributed by atoms with Gasteiger partial charge in [-0.2, -0.15) is 4.98 Å². The molecule has 1 N–H and O–H groups in total. The van der Waals surface area contributed by atoms with Gasteiger partial charge in [-0.05, 0) is 27.4 Å². The first-order chi connectivity index (χ1) is 12.7. The highest BCUT2D eigenvalue weighted by Gasteiger charge is 2.17. The maximum atomic E-state index is 12.2. The zero-order chi connectivity index (χ0) is 17.9. The molecule has 134 valence electrons. The van der Waals surface area contributed by atoms with E-state index in [-0.39, 0.29) is 12.3 Å². The van der Waals surface area contributed by atoms with Crippen molar-refractivity contribution in [2.75, 3.05) is 18.5 Å². The molecule has 3 heterocycles. The number of carbonyl (C=O) groups excluding carboxylic acids is 1. The number of anilines is 1. The fourth-order valence-electron chi connectivity index (χ4n) is 2.46. The second kappa shape index (κ2) is 7.46. The van der Waals surface area contributed by atoms with Gasteiger partial charge in [0.15, 0.2) is 11.5 Å². The molecule has 7 nitrogen and oxygen atoms in total. The maximum absolute atomic E-state index is 12.2. The molecule has 3 aromatic rings. The van der Waals surface area contributed by atoms with Gasteiger partial charge in [0, 0.05) is 29.4 Å². The van der Waals surface area contributed by atoms with Crippen molar-refractivity contribution in [1.29, 1.82) is 0 Å². The normalized spacial score (nSPS) is 12.8. The van der Waals surface area contributed by atoms with E-state index >= 15 is 0 Å². The smallest absolute Gasteiger partial charge is 0.227 e. The van der Waals surface area contributed by atoms with Crippen LogP contribution >= 0.6 is 27.3 Å². The van der Waals surface area contributed by atoms with Crippen LogP contribution in [0.3, 0.4) is 0 Å². The van der Waals surface area contributed by atoms with Crippen LogP contribution in [0.1, 0.15) is 12.3 Å². The first kappa shape index (κ1) is 17.0. The molecule has 0 aliphatic carbocycles. The van der Waals surface area contributed by atoms with Gasteiger partial charge >= 0.3 is 0 Å². The van der Waals surface area contributed by atoms with Crippen molar-refractivity contribution in [2.24, 2.45) is 0 Å². The summed E-state index contributed by atoms with van der Waals surface area (Å²) in [6.45, 7) is 1.01. The number of hydrogen-bond acceptors (Lipinski definition) is 7. The first-order valence-electron chi connectivity index (χ1n) is 7.94. The van der Waals surface area contributed by atoms with Gasteiger partial charge in [0.05, 0.1) is 10.6 Å². The number of carbonyl (C=O) groups is 1. The molecule has 26 heavy (non-hydrogen) atoms. The average Bonchev–Trinajstić information content (AvgIpc) is 3.32. The Bertz CT molecular complexity index is 926. The number of fused-ring (bicyclic) bond motifs is 1. The van der Waals surface area contributed by atoms with E-state index in [9.17, 15) is 4.79 Å². The molecule has 1 aromatic carbocycles. The van der Waals surface area contributed by atoms with Crippen molar-refractivity contribution in [3.63, 3.8) is 0 Å². The van der Waals surface area contributed by atoms with E-state index in [1.165, 1.54) is 11.3 Å². The standard InChI is InChI=1S/C17H14BrN3O4S/c18-10-8-12-13(24-6-5-23-12)9-11(10)19-15(22)3-4-16-20-17(21-25-16)14-2-1-7-26-14/h1-2,7-9H,3-6H2,(H,19,22). The molecule has 0 atom stereocenters. The second-order valence-electron chi connectivity index (χ2n) is 5.51. The molecule has 1 aliphatic heterocycles. The molecular weight excluding hydrogens is 422 g/mol. The van der Waals surface area contributed by atoms with Gasteiger partial charge in [0.25, 0.3) is 0 Å². The number of aryl methyl sites for hydroxylation is 1. The lowest BCUT2D eigenvalue weighted by molar-refractivity contribution is -0.116. The monoisotopic (exact) mass is 435 g/mol. The molecule has 1 aliphatic rings. The average molecular weight is 436 g/mol. The Kier molecular flexibility index (Phi) is 4.89. The van der Waals surface area contributed by atoms with Crippen LogP contribution < -0.4 is 14.8 Å². The van der Waals surface area contributed by atoms with Gasteiger partial charge in [-0.3, -0.25) is 4.79 Å². The summed E-state index contributed by atoms with van der Waals surface area (Å²) in [5.41, 5.74) is 0.629. The van der Waals surface area contributed by atoms with Gasteiger partial charge in [-0.25, -0.2) is 0 Å². The molecule has 0 radical (unpaired) electrons. The number of amides is 1. The minimum absolute atomic E-state index is 0.154. The largest absolute Gasteiger partial charge is 0.486 e. The molecular formula is C17H14BrN3O4S. The summed E-state index contributed by atoms with van der Waals surface area (Å²) in [5, 5.41) is 8.74. The number of benzene rings is 1. The predicted octanol–water partition coefficient (Wildman–Crippen LogP) is 3.90. The Morgan fingerprint density at radius 2 is 2.08 bits per heavy atom. The molecule has 0 fully saturated rings. The third-order valence-corrected chi connectivity index (χ3v) is 5.20. The summed E-state index contributed by atoms with van der Waals surface area (Å²) < 4.78 is 17.0. The van der Waals surface area contributed by atoms with Crippen LogP contribution in [0.2, 0.25) is 0 Å². The van der Waals surface area contributed by atoms with Gasteiger partial charge in [-0.1, -0.05) is 11.2 Å². The third kappa shape index (κ3) is 3.73. The topological polar surface area (TPSA) is 86.5 Å². The van der Waals surface area contributed by atoms with Crippen molar-refractivity contribution < 1.29 is 18.8 Å². The van der Waals surface area contributed by atoms with Crippen LogP contribution in [0.5, 0.6) is 11.5 Å². The highest BCUT2D eigenvalue weighted by molar-refractivity contribution is 9.10. The zero-order valence-corrected chi connectivity index (χ0v) is 15.9. The van der Waals surface area contributed by atoms with Crippen molar-refractivity contribution in [1.82, 2.24) is 10.1 Å². The number of nitrogens with one attached hydrogen (secondary N) is 1. The van der Waals surface area contributed by atoms with Crippen LogP contribution in [0.15, 0.2) is 38.6 Å². The molecule has 0 saturated carbocycles. The quantitative estimate of drug-likeness (QED) is 0.653. The molecule has 0 saturated heterocycles. The summed E-state index contributed by atoms with van der Waals surface area (Å²) in [7, 11) is 0. The third-order valence-electron chi connectivity index (χ3n) is 3.68. The lowest BCUT2D eigenvalue weighted by atomic mass is 10.2. The van der Waals surface area contributed by atoms with Crippen molar-refractivity contribution in [3.05, 3.63) is 40.0 Å². The van der Waals surface area contributed by atoms with E-state index in [0.29, 0.717) is 48.5 Å². The van der Waals surface area contributed by atoms with Crippen LogP contribution in [0, 0.1) is 0 Å². The number of thiophene rings is 1. The van der Waals surface area contributed by atoms with Crippen LogP contribution in [0.25, 0.3) is 10.7 Å². The van der Waals surface area contributed by atoms with Gasteiger partial charge in [-0.15, -0.1) is 11.3 Å². The molecule has 0 unspecified atom stereocenters. The summed E-state index contributed by atoms with van der Waals surface area (Å²) >= 11 is 4.97. The summed E-state index contributed by atoms with van der Waals surface area (Å²) in [4.78, 5) is 17.5. The Morgan fingerprint density at radius 3 is 2.85 bits per heavy atom. The van der Waals surface area contributed by atoms with Crippen molar-refractivity contribution in [2.45, 2.75) is 12.8 Å². The molecule has 0 bridgehead atoms. The van der Waals surface area contributed by atoms with E-state index in [0.717, 1.165) is 9.35 Å². The molecule has 4 rings (SSSR count). The van der Waals surface area contributed by atoms with Gasteiger partial charge < -0.3 is 19.3 Å². The predicted molar refractivity (Wildman–Crippen MR) is 99.7 cm³/mol. The van der Waals surface area contributed by atoms with Gasteiger partial charge in [0.1, 0.15) is 13.2 Å². The fourth-order valence-corrected chi connectivity index (χ4v) is 3.53. The molecule has 2 aromatic heterocycles. The summed E-state index contributed by atoms with van der Waals surface area (Å²) in [6, 6.07) is 7.38. The van der Waals surface area contributed by atoms with E-state index < -0.39 is 0 Å². The molecule has 1 amide bonds. The molecule has 9 heteroatoms. The number of nitrogens with zero attached hydrogens (tertiary/aromatic N) is 2. The van der Waals surface area contributed by atoms with Crippen molar-refractivity contribution in [3.8, 4) is 22.2 Å². The highest BCUT2D eigenvalue weighted by atomic mass is 79.9. The zero-order valence-electron chi connectivity index (χ0n) is 13.5. The van der Waals surface area contributed by atoms with E-state index in [1.807, 2.05) is 17.5 Å². The number of rotatable bonds is 5. The Balaban J connectivity index is 1.37. The van der Waals surface area contributed by atoms with E-state index in [1.54, 1.807) is 12.1 Å².